The minimum Gasteiger partial charge on any atom is -0.465 e. The van der Waals surface area contributed by atoms with E-state index in [1.807, 2.05) is 0 Å². The summed E-state index contributed by atoms with van der Waals surface area (Å²) in [5.41, 5.74) is 0. The Labute approximate surface area is 89.9 Å². The van der Waals surface area contributed by atoms with Gasteiger partial charge in [0.1, 0.15) is 0 Å². The Morgan fingerprint density at radius 1 is 1.53 bits per heavy atom. The van der Waals surface area contributed by atoms with Gasteiger partial charge in [-0.1, -0.05) is 19.8 Å². The number of ether oxygens (including phenoxy) is 2. The first-order chi connectivity index (χ1) is 7.22. The number of carbonyl (C=O) groups excluding carboxylic acids is 2. The minimum atomic E-state index is -0.193. The van der Waals surface area contributed by atoms with Crippen molar-refractivity contribution >= 4 is 11.9 Å². The molecule has 0 aliphatic carbocycles. The van der Waals surface area contributed by atoms with Gasteiger partial charge in [0.05, 0.1) is 19.6 Å². The van der Waals surface area contributed by atoms with Crippen molar-refractivity contribution in [2.45, 2.75) is 39.0 Å². The molecule has 0 aromatic rings. The number of hydrogen-bond acceptors (Lipinski definition) is 4. The molecule has 1 saturated heterocycles. The second kappa shape index (κ2) is 6.43. The molecule has 0 bridgehead atoms. The molecular formula is C11H18O4. The van der Waals surface area contributed by atoms with Gasteiger partial charge in [0.2, 0.25) is 0 Å². The van der Waals surface area contributed by atoms with Gasteiger partial charge in [-0.2, -0.15) is 0 Å². The highest BCUT2D eigenvalue weighted by Gasteiger charge is 2.24. The predicted molar refractivity (Wildman–Crippen MR) is 54.2 cm³/mol. The molecule has 1 aliphatic heterocycles. The molecular weight excluding hydrogens is 196 g/mol. The van der Waals surface area contributed by atoms with E-state index in [9.17, 15) is 9.59 Å². The molecule has 0 aromatic carbocycles. The summed E-state index contributed by atoms with van der Waals surface area (Å²) >= 11 is 0. The van der Waals surface area contributed by atoms with Crippen molar-refractivity contribution in [2.75, 3.05) is 13.2 Å². The number of rotatable bonds is 6. The van der Waals surface area contributed by atoms with Crippen molar-refractivity contribution in [2.24, 2.45) is 5.92 Å². The quantitative estimate of drug-likeness (QED) is 0.498. The minimum absolute atomic E-state index is 0.0626. The van der Waals surface area contributed by atoms with E-state index in [2.05, 4.69) is 6.92 Å². The smallest absolute Gasteiger partial charge is 0.306 e. The van der Waals surface area contributed by atoms with Gasteiger partial charge < -0.3 is 9.47 Å². The van der Waals surface area contributed by atoms with Crippen LogP contribution in [0.4, 0.5) is 0 Å². The normalized spacial score (nSPS) is 20.1. The lowest BCUT2D eigenvalue weighted by Crippen LogP contribution is -2.14. The van der Waals surface area contributed by atoms with Crippen LogP contribution in [0.5, 0.6) is 0 Å². The van der Waals surface area contributed by atoms with Gasteiger partial charge in [0.15, 0.2) is 0 Å². The average molecular weight is 214 g/mol. The maximum atomic E-state index is 11.2. The predicted octanol–water partition coefficient (Wildman–Crippen LogP) is 1.67. The Bertz CT molecular complexity index is 225. The summed E-state index contributed by atoms with van der Waals surface area (Å²) in [5.74, 6) is -0.294. The van der Waals surface area contributed by atoms with Crippen molar-refractivity contribution in [1.29, 1.82) is 0 Å². The molecule has 1 fully saturated rings. The maximum Gasteiger partial charge on any atom is 0.306 e. The summed E-state index contributed by atoms with van der Waals surface area (Å²) in [6, 6.07) is 0. The molecule has 0 saturated carbocycles. The first-order valence-electron chi connectivity index (χ1n) is 5.53. The SMILES string of the molecule is CCCCCC(=O)OC[C@@H]1COC(=O)C1. The Hall–Kier alpha value is -1.06. The van der Waals surface area contributed by atoms with Crippen molar-refractivity contribution in [3.8, 4) is 0 Å². The number of hydrogen-bond donors (Lipinski definition) is 0. The van der Waals surface area contributed by atoms with Gasteiger partial charge in [-0.05, 0) is 6.42 Å². The lowest BCUT2D eigenvalue weighted by molar-refractivity contribution is -0.145. The van der Waals surface area contributed by atoms with Crippen LogP contribution in [0.1, 0.15) is 39.0 Å². The molecule has 1 heterocycles. The molecule has 1 aliphatic rings. The van der Waals surface area contributed by atoms with Crippen LogP contribution in [0.2, 0.25) is 0 Å². The highest BCUT2D eigenvalue weighted by molar-refractivity contribution is 5.72. The topological polar surface area (TPSA) is 52.6 Å². The van der Waals surface area contributed by atoms with Crippen LogP contribution in [0.3, 0.4) is 0 Å². The maximum absolute atomic E-state index is 11.2. The third-order valence-electron chi connectivity index (χ3n) is 2.40. The molecule has 0 spiro atoms. The van der Waals surface area contributed by atoms with E-state index in [1.54, 1.807) is 0 Å². The first-order valence-corrected chi connectivity index (χ1v) is 5.53. The third kappa shape index (κ3) is 4.81. The van der Waals surface area contributed by atoms with Crippen LogP contribution in [0.15, 0.2) is 0 Å². The molecule has 0 amide bonds. The molecule has 0 radical (unpaired) electrons. The molecule has 1 rings (SSSR count). The fraction of sp³-hybridized carbons (Fsp3) is 0.818. The van der Waals surface area contributed by atoms with Gasteiger partial charge in [0, 0.05) is 12.3 Å². The van der Waals surface area contributed by atoms with Gasteiger partial charge in [0.25, 0.3) is 0 Å². The molecule has 15 heavy (non-hydrogen) atoms. The van der Waals surface area contributed by atoms with Crippen molar-refractivity contribution in [3.63, 3.8) is 0 Å². The molecule has 0 aromatic heterocycles. The summed E-state index contributed by atoms with van der Waals surface area (Å²) < 4.78 is 9.82. The van der Waals surface area contributed by atoms with Crippen LogP contribution < -0.4 is 0 Å². The summed E-state index contributed by atoms with van der Waals surface area (Å²) in [4.78, 5) is 22.0. The zero-order valence-corrected chi connectivity index (χ0v) is 9.16. The first kappa shape index (κ1) is 12.0. The van der Waals surface area contributed by atoms with E-state index in [4.69, 9.17) is 9.47 Å². The van der Waals surface area contributed by atoms with Crippen molar-refractivity contribution in [1.82, 2.24) is 0 Å². The van der Waals surface area contributed by atoms with E-state index in [1.165, 1.54) is 0 Å². The Kier molecular flexibility index (Phi) is 5.15. The van der Waals surface area contributed by atoms with Crippen LogP contribution >= 0.6 is 0 Å². The van der Waals surface area contributed by atoms with E-state index in [0.717, 1.165) is 19.3 Å². The van der Waals surface area contributed by atoms with Crippen LogP contribution in [0.25, 0.3) is 0 Å². The highest BCUT2D eigenvalue weighted by atomic mass is 16.6. The van der Waals surface area contributed by atoms with Gasteiger partial charge in [-0.25, -0.2) is 0 Å². The van der Waals surface area contributed by atoms with Gasteiger partial charge in [-0.15, -0.1) is 0 Å². The number of esters is 2. The van der Waals surface area contributed by atoms with E-state index < -0.39 is 0 Å². The Morgan fingerprint density at radius 3 is 2.93 bits per heavy atom. The second-order valence-corrected chi connectivity index (χ2v) is 3.89. The van der Waals surface area contributed by atoms with Crippen molar-refractivity contribution < 1.29 is 19.1 Å². The second-order valence-electron chi connectivity index (χ2n) is 3.89. The third-order valence-corrected chi connectivity index (χ3v) is 2.40. The zero-order chi connectivity index (χ0) is 11.1. The molecule has 4 nitrogen and oxygen atoms in total. The summed E-state index contributed by atoms with van der Waals surface area (Å²) in [6.45, 7) is 2.80. The summed E-state index contributed by atoms with van der Waals surface area (Å²) in [7, 11) is 0. The van der Waals surface area contributed by atoms with Crippen LogP contribution in [-0.4, -0.2) is 25.2 Å². The number of carbonyl (C=O) groups is 2. The number of unbranched alkanes of at least 4 members (excludes halogenated alkanes) is 2. The van der Waals surface area contributed by atoms with E-state index >= 15 is 0 Å². The highest BCUT2D eigenvalue weighted by Crippen LogP contribution is 2.14. The van der Waals surface area contributed by atoms with Crippen molar-refractivity contribution in [3.05, 3.63) is 0 Å². The van der Waals surface area contributed by atoms with E-state index in [0.29, 0.717) is 26.1 Å². The fourth-order valence-corrected chi connectivity index (χ4v) is 1.47. The Balaban J connectivity index is 2.03. The average Bonchev–Trinajstić information content (AvgIpc) is 2.62. The van der Waals surface area contributed by atoms with Crippen LogP contribution in [0, 0.1) is 5.92 Å². The molecule has 0 unspecified atom stereocenters. The molecule has 86 valence electrons. The largest absolute Gasteiger partial charge is 0.465 e. The zero-order valence-electron chi connectivity index (χ0n) is 9.16. The summed E-state index contributed by atoms with van der Waals surface area (Å²) in [5, 5.41) is 0. The van der Waals surface area contributed by atoms with Gasteiger partial charge in [-0.3, -0.25) is 9.59 Å². The monoisotopic (exact) mass is 214 g/mol. The lowest BCUT2D eigenvalue weighted by atomic mass is 10.1. The fourth-order valence-electron chi connectivity index (χ4n) is 1.47. The molecule has 4 heteroatoms. The molecule has 1 atom stereocenters. The lowest BCUT2D eigenvalue weighted by Gasteiger charge is -2.07. The standard InChI is InChI=1S/C11H18O4/c1-2-3-4-5-10(12)14-7-9-6-11(13)15-8-9/h9H,2-8H2,1H3/t9-/m1/s1. The Morgan fingerprint density at radius 2 is 2.33 bits per heavy atom. The summed E-state index contributed by atoms with van der Waals surface area (Å²) in [6.07, 6.45) is 3.89. The van der Waals surface area contributed by atoms with Crippen LogP contribution in [-0.2, 0) is 19.1 Å². The van der Waals surface area contributed by atoms with Gasteiger partial charge >= 0.3 is 11.9 Å². The number of cyclic esters (lactones) is 1. The molecule has 0 N–H and O–H groups in total. The van der Waals surface area contributed by atoms with E-state index in [-0.39, 0.29) is 17.9 Å².